The zero-order valence-electron chi connectivity index (χ0n) is 9.32. The molecular formula is C12H13N3O2. The number of amides is 3. The minimum Gasteiger partial charge on any atom is -0.309 e. The minimum absolute atomic E-state index is 0.200. The lowest BCUT2D eigenvalue weighted by molar-refractivity contribution is -0.120. The fourth-order valence-corrected chi connectivity index (χ4v) is 2.26. The van der Waals surface area contributed by atoms with Crippen molar-refractivity contribution >= 4 is 17.6 Å². The summed E-state index contributed by atoms with van der Waals surface area (Å²) in [5, 5.41) is 5.59. The van der Waals surface area contributed by atoms with Crippen LogP contribution in [0.3, 0.4) is 0 Å². The van der Waals surface area contributed by atoms with Crippen LogP contribution in [0.4, 0.5) is 10.5 Å². The van der Waals surface area contributed by atoms with E-state index < -0.39 is 0 Å². The van der Waals surface area contributed by atoms with Gasteiger partial charge in [-0.1, -0.05) is 6.07 Å². The molecule has 5 heteroatoms. The highest BCUT2D eigenvalue weighted by Gasteiger charge is 2.24. The molecule has 88 valence electrons. The molecule has 0 saturated carbocycles. The van der Waals surface area contributed by atoms with Crippen LogP contribution in [0.2, 0.25) is 0 Å². The molecule has 17 heavy (non-hydrogen) atoms. The number of imide groups is 1. The standard InChI is InChI=1S/C12H13N3O2/c16-11-3-4-15(12(17)14-11)10-2-1-8-6-13-7-9(8)5-10/h1-2,5,13H,3-4,6-7H2,(H,14,16,17). The molecule has 2 heterocycles. The van der Waals surface area contributed by atoms with Gasteiger partial charge in [0, 0.05) is 31.7 Å². The molecule has 0 unspecified atom stereocenters. The number of carbonyl (C=O) groups excluding carboxylic acids is 2. The Bertz CT molecular complexity index is 499. The molecule has 3 amide bonds. The molecule has 2 aliphatic heterocycles. The molecule has 0 bridgehead atoms. The van der Waals surface area contributed by atoms with Crippen LogP contribution in [0, 0.1) is 0 Å². The van der Waals surface area contributed by atoms with Crippen molar-refractivity contribution in [3.8, 4) is 0 Å². The normalized spacial score (nSPS) is 19.2. The van der Waals surface area contributed by atoms with E-state index in [0.717, 1.165) is 18.8 Å². The van der Waals surface area contributed by atoms with Crippen molar-refractivity contribution in [2.24, 2.45) is 0 Å². The lowest BCUT2D eigenvalue weighted by atomic mass is 10.1. The first-order valence-corrected chi connectivity index (χ1v) is 5.68. The van der Waals surface area contributed by atoms with Crippen LogP contribution in [0.5, 0.6) is 0 Å². The molecule has 1 fully saturated rings. The Morgan fingerprint density at radius 2 is 1.94 bits per heavy atom. The largest absolute Gasteiger partial charge is 0.328 e. The fraction of sp³-hybridized carbons (Fsp3) is 0.333. The first-order valence-electron chi connectivity index (χ1n) is 5.68. The van der Waals surface area contributed by atoms with Gasteiger partial charge in [-0.25, -0.2) is 4.79 Å². The van der Waals surface area contributed by atoms with E-state index in [2.05, 4.69) is 10.6 Å². The quantitative estimate of drug-likeness (QED) is 0.749. The maximum atomic E-state index is 11.7. The van der Waals surface area contributed by atoms with Crippen molar-refractivity contribution in [3.05, 3.63) is 29.3 Å². The van der Waals surface area contributed by atoms with Crippen LogP contribution in [0.25, 0.3) is 0 Å². The Morgan fingerprint density at radius 1 is 1.12 bits per heavy atom. The summed E-state index contributed by atoms with van der Waals surface area (Å²) >= 11 is 0. The van der Waals surface area contributed by atoms with E-state index in [-0.39, 0.29) is 11.9 Å². The number of hydrogen-bond donors (Lipinski definition) is 2. The van der Waals surface area contributed by atoms with Gasteiger partial charge in [-0.2, -0.15) is 0 Å². The number of rotatable bonds is 1. The van der Waals surface area contributed by atoms with Gasteiger partial charge in [0.1, 0.15) is 0 Å². The van der Waals surface area contributed by atoms with E-state index in [1.165, 1.54) is 11.1 Å². The third-order valence-corrected chi connectivity index (χ3v) is 3.19. The Morgan fingerprint density at radius 3 is 2.76 bits per heavy atom. The third kappa shape index (κ3) is 1.78. The maximum absolute atomic E-state index is 11.7. The van der Waals surface area contributed by atoms with Crippen molar-refractivity contribution in [1.82, 2.24) is 10.6 Å². The van der Waals surface area contributed by atoms with Gasteiger partial charge < -0.3 is 5.32 Å². The molecule has 1 aromatic carbocycles. The predicted molar refractivity (Wildman–Crippen MR) is 62.5 cm³/mol. The first-order chi connectivity index (χ1) is 8.24. The summed E-state index contributed by atoms with van der Waals surface area (Å²) in [4.78, 5) is 24.4. The highest BCUT2D eigenvalue weighted by atomic mass is 16.2. The average molecular weight is 231 g/mol. The van der Waals surface area contributed by atoms with E-state index in [0.29, 0.717) is 13.0 Å². The number of anilines is 1. The third-order valence-electron chi connectivity index (χ3n) is 3.19. The topological polar surface area (TPSA) is 61.4 Å². The van der Waals surface area contributed by atoms with E-state index in [1.54, 1.807) is 4.90 Å². The number of benzene rings is 1. The van der Waals surface area contributed by atoms with E-state index in [4.69, 9.17) is 0 Å². The summed E-state index contributed by atoms with van der Waals surface area (Å²) in [7, 11) is 0. The number of hydrogen-bond acceptors (Lipinski definition) is 3. The van der Waals surface area contributed by atoms with Crippen LogP contribution in [0.1, 0.15) is 17.5 Å². The zero-order valence-corrected chi connectivity index (χ0v) is 9.32. The Hall–Kier alpha value is -1.88. The van der Waals surface area contributed by atoms with Crippen LogP contribution in [-0.2, 0) is 17.9 Å². The molecule has 1 saturated heterocycles. The number of carbonyl (C=O) groups is 2. The summed E-state index contributed by atoms with van der Waals surface area (Å²) in [6, 6.07) is 5.66. The molecule has 2 aliphatic rings. The van der Waals surface area contributed by atoms with Gasteiger partial charge in [-0.05, 0) is 23.3 Å². The second-order valence-corrected chi connectivity index (χ2v) is 4.31. The summed E-state index contributed by atoms with van der Waals surface area (Å²) < 4.78 is 0. The number of nitrogens with one attached hydrogen (secondary N) is 2. The molecule has 0 atom stereocenters. The molecule has 0 spiro atoms. The van der Waals surface area contributed by atoms with Crippen LogP contribution >= 0.6 is 0 Å². The van der Waals surface area contributed by atoms with E-state index in [9.17, 15) is 9.59 Å². The second kappa shape index (κ2) is 3.85. The first kappa shape index (κ1) is 10.3. The van der Waals surface area contributed by atoms with Gasteiger partial charge in [0.2, 0.25) is 5.91 Å². The highest BCUT2D eigenvalue weighted by molar-refractivity contribution is 6.05. The van der Waals surface area contributed by atoms with Crippen LogP contribution < -0.4 is 15.5 Å². The molecule has 0 aliphatic carbocycles. The fourth-order valence-electron chi connectivity index (χ4n) is 2.26. The second-order valence-electron chi connectivity index (χ2n) is 4.31. The SMILES string of the molecule is O=C1CCN(c2ccc3c(c2)CNC3)C(=O)N1. The van der Waals surface area contributed by atoms with Crippen molar-refractivity contribution in [1.29, 1.82) is 0 Å². The zero-order chi connectivity index (χ0) is 11.8. The maximum Gasteiger partial charge on any atom is 0.328 e. The van der Waals surface area contributed by atoms with Gasteiger partial charge in [0.25, 0.3) is 0 Å². The van der Waals surface area contributed by atoms with Gasteiger partial charge in [0.15, 0.2) is 0 Å². The van der Waals surface area contributed by atoms with Gasteiger partial charge >= 0.3 is 6.03 Å². The molecule has 0 aromatic heterocycles. The van der Waals surface area contributed by atoms with E-state index in [1.807, 2.05) is 18.2 Å². The monoisotopic (exact) mass is 231 g/mol. The number of fused-ring (bicyclic) bond motifs is 1. The predicted octanol–water partition coefficient (Wildman–Crippen LogP) is 0.736. The number of nitrogens with zero attached hydrogens (tertiary/aromatic N) is 1. The Kier molecular flexibility index (Phi) is 2.33. The summed E-state index contributed by atoms with van der Waals surface area (Å²) in [5.41, 5.74) is 3.37. The lowest BCUT2D eigenvalue weighted by Crippen LogP contribution is -2.49. The highest BCUT2D eigenvalue weighted by Crippen LogP contribution is 2.24. The van der Waals surface area contributed by atoms with Crippen LogP contribution in [0.15, 0.2) is 18.2 Å². The number of urea groups is 1. The van der Waals surface area contributed by atoms with Gasteiger partial charge in [-0.15, -0.1) is 0 Å². The smallest absolute Gasteiger partial charge is 0.309 e. The summed E-state index contributed by atoms with van der Waals surface area (Å²) in [6.07, 6.45) is 0.362. The van der Waals surface area contributed by atoms with Crippen molar-refractivity contribution in [2.45, 2.75) is 19.5 Å². The van der Waals surface area contributed by atoms with E-state index >= 15 is 0 Å². The molecule has 3 rings (SSSR count). The molecule has 2 N–H and O–H groups in total. The van der Waals surface area contributed by atoms with Crippen molar-refractivity contribution in [2.75, 3.05) is 11.4 Å². The molecule has 0 radical (unpaired) electrons. The molecule has 5 nitrogen and oxygen atoms in total. The van der Waals surface area contributed by atoms with Crippen molar-refractivity contribution < 1.29 is 9.59 Å². The Labute approximate surface area is 98.8 Å². The van der Waals surface area contributed by atoms with Gasteiger partial charge in [0.05, 0.1) is 0 Å². The average Bonchev–Trinajstić information content (AvgIpc) is 2.75. The minimum atomic E-state index is -0.327. The molecule has 1 aromatic rings. The van der Waals surface area contributed by atoms with Crippen LogP contribution in [-0.4, -0.2) is 18.5 Å². The van der Waals surface area contributed by atoms with Crippen molar-refractivity contribution in [3.63, 3.8) is 0 Å². The van der Waals surface area contributed by atoms with Gasteiger partial charge in [-0.3, -0.25) is 15.0 Å². The molecular weight excluding hydrogens is 218 g/mol. The summed E-state index contributed by atoms with van der Waals surface area (Å²) in [6.45, 7) is 2.19. The Balaban J connectivity index is 1.89. The lowest BCUT2D eigenvalue weighted by Gasteiger charge is -2.26. The summed E-state index contributed by atoms with van der Waals surface area (Å²) in [5.74, 6) is -0.200.